The summed E-state index contributed by atoms with van der Waals surface area (Å²) in [5.74, 6) is -0.373. The van der Waals surface area contributed by atoms with Gasteiger partial charge in [-0.15, -0.1) is 0 Å². The Bertz CT molecular complexity index is 486. The lowest BCUT2D eigenvalue weighted by molar-refractivity contribution is -0.117. The number of carbonyl (C=O) groups excluding carboxylic acids is 1. The van der Waals surface area contributed by atoms with Crippen LogP contribution in [0.4, 0.5) is 0 Å². The molecule has 1 aromatic carbocycles. The fourth-order valence-electron chi connectivity index (χ4n) is 1.25. The summed E-state index contributed by atoms with van der Waals surface area (Å²) in [6.07, 6.45) is 1.52. The van der Waals surface area contributed by atoms with Gasteiger partial charge in [-0.1, -0.05) is 23.7 Å². The van der Waals surface area contributed by atoms with Gasteiger partial charge < -0.3 is 5.32 Å². The Kier molecular flexibility index (Phi) is 4.74. The monoisotopic (exact) mass is 248 g/mol. The lowest BCUT2D eigenvalue weighted by Crippen LogP contribution is -2.30. The number of hydrogen-bond acceptors (Lipinski definition) is 2. The van der Waals surface area contributed by atoms with Crippen LogP contribution in [0.3, 0.4) is 0 Å². The van der Waals surface area contributed by atoms with Crippen molar-refractivity contribution in [3.05, 3.63) is 40.4 Å². The fourth-order valence-corrected chi connectivity index (χ4v) is 1.45. The number of carbonyl (C=O) groups is 1. The molecule has 0 aliphatic heterocycles. The van der Waals surface area contributed by atoms with E-state index in [1.54, 1.807) is 24.3 Å². The first-order valence-corrected chi connectivity index (χ1v) is 5.59. The maximum absolute atomic E-state index is 11.6. The molecule has 0 unspecified atom stereocenters. The van der Waals surface area contributed by atoms with Crippen molar-refractivity contribution in [2.24, 2.45) is 0 Å². The summed E-state index contributed by atoms with van der Waals surface area (Å²) in [5, 5.41) is 12.2. The maximum atomic E-state index is 11.6. The van der Waals surface area contributed by atoms with Crippen LogP contribution >= 0.6 is 11.6 Å². The zero-order chi connectivity index (χ0) is 12.8. The molecule has 0 aromatic heterocycles. The molecule has 17 heavy (non-hydrogen) atoms. The van der Waals surface area contributed by atoms with Gasteiger partial charge in [0.2, 0.25) is 0 Å². The van der Waals surface area contributed by atoms with Crippen LogP contribution in [0.25, 0.3) is 6.08 Å². The number of benzene rings is 1. The molecule has 0 fully saturated rings. The van der Waals surface area contributed by atoms with Gasteiger partial charge in [-0.05, 0) is 37.6 Å². The first kappa shape index (κ1) is 13.3. The van der Waals surface area contributed by atoms with E-state index in [0.29, 0.717) is 5.02 Å². The highest BCUT2D eigenvalue weighted by atomic mass is 35.5. The van der Waals surface area contributed by atoms with Gasteiger partial charge in [-0.2, -0.15) is 5.26 Å². The standard InChI is InChI=1S/C13H13ClN2O/c1-9(2)16-13(17)11(8-15)6-10-4-3-5-12(14)7-10/h3-7,9H,1-2H3,(H,16,17)/b11-6-. The number of nitrogens with zero attached hydrogens (tertiary/aromatic N) is 1. The molecule has 88 valence electrons. The summed E-state index contributed by atoms with van der Waals surface area (Å²) in [5.41, 5.74) is 0.800. The summed E-state index contributed by atoms with van der Waals surface area (Å²) >= 11 is 5.82. The number of amides is 1. The molecule has 0 bridgehead atoms. The third-order valence-corrected chi connectivity index (χ3v) is 2.18. The van der Waals surface area contributed by atoms with Crippen molar-refractivity contribution in [2.45, 2.75) is 19.9 Å². The van der Waals surface area contributed by atoms with E-state index in [2.05, 4.69) is 5.32 Å². The molecule has 1 aromatic rings. The van der Waals surface area contributed by atoms with E-state index in [-0.39, 0.29) is 17.5 Å². The summed E-state index contributed by atoms with van der Waals surface area (Å²) in [6, 6.07) is 8.86. The zero-order valence-electron chi connectivity index (χ0n) is 9.70. The highest BCUT2D eigenvalue weighted by Gasteiger charge is 2.09. The Morgan fingerprint density at radius 3 is 2.76 bits per heavy atom. The van der Waals surface area contributed by atoms with Crippen molar-refractivity contribution in [1.29, 1.82) is 5.26 Å². The minimum absolute atomic E-state index is 0.00129. The van der Waals surface area contributed by atoms with Crippen LogP contribution in [0, 0.1) is 11.3 Å². The molecule has 0 atom stereocenters. The quantitative estimate of drug-likeness (QED) is 0.661. The normalized spacial score (nSPS) is 11.1. The fraction of sp³-hybridized carbons (Fsp3) is 0.231. The minimum atomic E-state index is -0.373. The Balaban J connectivity index is 2.95. The highest BCUT2D eigenvalue weighted by Crippen LogP contribution is 2.13. The molecular formula is C13H13ClN2O. The molecule has 4 heteroatoms. The second kappa shape index (κ2) is 6.07. The van der Waals surface area contributed by atoms with E-state index in [1.807, 2.05) is 19.9 Å². The first-order chi connectivity index (χ1) is 8.02. The van der Waals surface area contributed by atoms with Crippen molar-refractivity contribution in [3.8, 4) is 6.07 Å². The topological polar surface area (TPSA) is 52.9 Å². The number of halogens is 1. The van der Waals surface area contributed by atoms with Crippen LogP contribution in [0.1, 0.15) is 19.4 Å². The molecule has 1 amide bonds. The predicted octanol–water partition coefficient (Wildman–Crippen LogP) is 2.77. The van der Waals surface area contributed by atoms with Crippen LogP contribution in [-0.4, -0.2) is 11.9 Å². The zero-order valence-corrected chi connectivity index (χ0v) is 10.5. The summed E-state index contributed by atoms with van der Waals surface area (Å²) in [6.45, 7) is 3.68. The molecule has 3 nitrogen and oxygen atoms in total. The number of rotatable bonds is 3. The smallest absolute Gasteiger partial charge is 0.262 e. The summed E-state index contributed by atoms with van der Waals surface area (Å²) < 4.78 is 0. The largest absolute Gasteiger partial charge is 0.349 e. The van der Waals surface area contributed by atoms with Gasteiger partial charge in [0.05, 0.1) is 0 Å². The average Bonchev–Trinajstić information content (AvgIpc) is 2.24. The Morgan fingerprint density at radius 2 is 2.24 bits per heavy atom. The van der Waals surface area contributed by atoms with E-state index in [1.165, 1.54) is 6.08 Å². The Labute approximate surface area is 106 Å². The van der Waals surface area contributed by atoms with Crippen molar-refractivity contribution < 1.29 is 4.79 Å². The van der Waals surface area contributed by atoms with Gasteiger partial charge in [0, 0.05) is 11.1 Å². The third kappa shape index (κ3) is 4.29. The Hall–Kier alpha value is -1.79. The van der Waals surface area contributed by atoms with Gasteiger partial charge in [0.1, 0.15) is 11.6 Å². The highest BCUT2D eigenvalue weighted by molar-refractivity contribution is 6.30. The number of nitriles is 1. The van der Waals surface area contributed by atoms with E-state index in [0.717, 1.165) is 5.56 Å². The van der Waals surface area contributed by atoms with Crippen molar-refractivity contribution in [2.75, 3.05) is 0 Å². The van der Waals surface area contributed by atoms with Crippen LogP contribution in [0.2, 0.25) is 5.02 Å². The van der Waals surface area contributed by atoms with Crippen molar-refractivity contribution in [3.63, 3.8) is 0 Å². The molecule has 1 rings (SSSR count). The lowest BCUT2D eigenvalue weighted by atomic mass is 10.1. The molecule has 0 saturated heterocycles. The van der Waals surface area contributed by atoms with Gasteiger partial charge in [0.25, 0.3) is 5.91 Å². The lowest BCUT2D eigenvalue weighted by Gasteiger charge is -2.06. The van der Waals surface area contributed by atoms with Crippen LogP contribution in [0.5, 0.6) is 0 Å². The van der Waals surface area contributed by atoms with Gasteiger partial charge in [-0.25, -0.2) is 0 Å². The summed E-state index contributed by atoms with van der Waals surface area (Å²) in [4.78, 5) is 11.6. The van der Waals surface area contributed by atoms with Crippen molar-refractivity contribution >= 4 is 23.6 Å². The maximum Gasteiger partial charge on any atom is 0.262 e. The second-order valence-corrected chi connectivity index (χ2v) is 4.29. The van der Waals surface area contributed by atoms with E-state index in [4.69, 9.17) is 16.9 Å². The van der Waals surface area contributed by atoms with Gasteiger partial charge in [-0.3, -0.25) is 4.79 Å². The number of nitrogens with one attached hydrogen (secondary N) is 1. The average molecular weight is 249 g/mol. The SMILES string of the molecule is CC(C)NC(=O)/C(C#N)=C\c1cccc(Cl)c1. The predicted molar refractivity (Wildman–Crippen MR) is 68.3 cm³/mol. The van der Waals surface area contributed by atoms with E-state index in [9.17, 15) is 4.79 Å². The molecular weight excluding hydrogens is 236 g/mol. The molecule has 0 spiro atoms. The van der Waals surface area contributed by atoms with Crippen LogP contribution in [-0.2, 0) is 4.79 Å². The molecule has 0 aliphatic rings. The summed E-state index contributed by atoms with van der Waals surface area (Å²) in [7, 11) is 0. The number of hydrogen-bond donors (Lipinski definition) is 1. The van der Waals surface area contributed by atoms with Crippen LogP contribution in [0.15, 0.2) is 29.8 Å². The minimum Gasteiger partial charge on any atom is -0.349 e. The molecule has 0 aliphatic carbocycles. The molecule has 0 heterocycles. The van der Waals surface area contributed by atoms with E-state index < -0.39 is 0 Å². The van der Waals surface area contributed by atoms with Crippen molar-refractivity contribution in [1.82, 2.24) is 5.32 Å². The first-order valence-electron chi connectivity index (χ1n) is 5.21. The molecule has 0 saturated carbocycles. The second-order valence-electron chi connectivity index (χ2n) is 3.85. The molecule has 1 N–H and O–H groups in total. The van der Waals surface area contributed by atoms with Gasteiger partial charge in [0.15, 0.2) is 0 Å². The van der Waals surface area contributed by atoms with Gasteiger partial charge >= 0.3 is 0 Å². The van der Waals surface area contributed by atoms with Crippen LogP contribution < -0.4 is 5.32 Å². The Morgan fingerprint density at radius 1 is 1.53 bits per heavy atom. The molecule has 0 radical (unpaired) electrons. The van der Waals surface area contributed by atoms with E-state index >= 15 is 0 Å². The third-order valence-electron chi connectivity index (χ3n) is 1.94.